The van der Waals surface area contributed by atoms with E-state index in [9.17, 15) is 4.39 Å². The van der Waals surface area contributed by atoms with Gasteiger partial charge in [0.05, 0.1) is 18.8 Å². The number of halogens is 1. The largest absolute Gasteiger partial charge is 0.370 e. The fourth-order valence-electron chi connectivity index (χ4n) is 2.50. The maximum absolute atomic E-state index is 13.6. The third kappa shape index (κ3) is 2.74. The van der Waals surface area contributed by atoms with E-state index in [1.165, 1.54) is 5.56 Å². The van der Waals surface area contributed by atoms with E-state index in [4.69, 9.17) is 4.74 Å². The van der Waals surface area contributed by atoms with Crippen LogP contribution in [-0.2, 0) is 4.74 Å². The fourth-order valence-corrected chi connectivity index (χ4v) is 2.50. The Kier molecular flexibility index (Phi) is 3.81. The number of hydrogen-bond acceptors (Lipinski definition) is 2. The SMILES string of the molecule is Cc1ccc(C2CNC(c3ccccc3)CO2)cc1F. The molecule has 3 heteroatoms. The molecule has 1 heterocycles. The third-order valence-electron chi connectivity index (χ3n) is 3.78. The monoisotopic (exact) mass is 271 g/mol. The second kappa shape index (κ2) is 5.73. The first-order valence-electron chi connectivity index (χ1n) is 6.90. The number of ether oxygens (including phenoxy) is 1. The molecule has 1 aliphatic rings. The quantitative estimate of drug-likeness (QED) is 0.902. The molecular formula is C17H18FNO. The molecule has 0 amide bonds. The molecule has 1 fully saturated rings. The lowest BCUT2D eigenvalue weighted by atomic mass is 10.0. The van der Waals surface area contributed by atoms with E-state index < -0.39 is 0 Å². The first kappa shape index (κ1) is 13.3. The number of benzene rings is 2. The first-order valence-corrected chi connectivity index (χ1v) is 6.90. The zero-order valence-electron chi connectivity index (χ0n) is 11.5. The van der Waals surface area contributed by atoms with Gasteiger partial charge in [0.2, 0.25) is 0 Å². The van der Waals surface area contributed by atoms with E-state index in [1.54, 1.807) is 19.1 Å². The molecule has 0 bridgehead atoms. The summed E-state index contributed by atoms with van der Waals surface area (Å²) >= 11 is 0. The van der Waals surface area contributed by atoms with Crippen LogP contribution in [0.4, 0.5) is 4.39 Å². The maximum Gasteiger partial charge on any atom is 0.126 e. The topological polar surface area (TPSA) is 21.3 Å². The molecule has 1 N–H and O–H groups in total. The minimum Gasteiger partial charge on any atom is -0.370 e. The highest BCUT2D eigenvalue weighted by atomic mass is 19.1. The Labute approximate surface area is 118 Å². The van der Waals surface area contributed by atoms with Crippen LogP contribution in [0.3, 0.4) is 0 Å². The number of rotatable bonds is 2. The zero-order valence-corrected chi connectivity index (χ0v) is 11.5. The summed E-state index contributed by atoms with van der Waals surface area (Å²) in [5.41, 5.74) is 2.79. The highest BCUT2D eigenvalue weighted by Gasteiger charge is 2.23. The summed E-state index contributed by atoms with van der Waals surface area (Å²) in [6, 6.07) is 15.8. The van der Waals surface area contributed by atoms with Crippen LogP contribution in [0.2, 0.25) is 0 Å². The number of nitrogens with one attached hydrogen (secondary N) is 1. The molecule has 0 radical (unpaired) electrons. The summed E-state index contributed by atoms with van der Waals surface area (Å²) in [4.78, 5) is 0. The van der Waals surface area contributed by atoms with E-state index in [0.29, 0.717) is 18.7 Å². The standard InChI is InChI=1S/C17H18FNO/c1-12-7-8-14(9-15(12)18)17-10-19-16(11-20-17)13-5-3-2-4-6-13/h2-9,16-17,19H,10-11H2,1H3. The second-order valence-corrected chi connectivity index (χ2v) is 5.20. The van der Waals surface area contributed by atoms with Gasteiger partial charge in [-0.3, -0.25) is 0 Å². The molecule has 20 heavy (non-hydrogen) atoms. The lowest BCUT2D eigenvalue weighted by Gasteiger charge is -2.31. The van der Waals surface area contributed by atoms with Crippen LogP contribution in [0.5, 0.6) is 0 Å². The molecule has 104 valence electrons. The molecule has 2 aromatic carbocycles. The lowest BCUT2D eigenvalue weighted by molar-refractivity contribution is 0.00222. The molecule has 2 atom stereocenters. The van der Waals surface area contributed by atoms with Gasteiger partial charge < -0.3 is 10.1 Å². The van der Waals surface area contributed by atoms with Crippen molar-refractivity contribution >= 4 is 0 Å². The number of morpholine rings is 1. The van der Waals surface area contributed by atoms with Gasteiger partial charge in [0.25, 0.3) is 0 Å². The average Bonchev–Trinajstić information content (AvgIpc) is 2.51. The van der Waals surface area contributed by atoms with E-state index in [2.05, 4.69) is 17.4 Å². The highest BCUT2D eigenvalue weighted by molar-refractivity contribution is 5.26. The molecule has 3 rings (SSSR count). The molecule has 2 nitrogen and oxygen atoms in total. The van der Waals surface area contributed by atoms with Gasteiger partial charge >= 0.3 is 0 Å². The third-order valence-corrected chi connectivity index (χ3v) is 3.78. The molecule has 0 saturated carbocycles. The Balaban J connectivity index is 1.68. The molecular weight excluding hydrogens is 253 g/mol. The fraction of sp³-hybridized carbons (Fsp3) is 0.294. The van der Waals surface area contributed by atoms with Crippen LogP contribution >= 0.6 is 0 Å². The van der Waals surface area contributed by atoms with Crippen molar-refractivity contribution in [3.63, 3.8) is 0 Å². The van der Waals surface area contributed by atoms with Crippen molar-refractivity contribution in [1.82, 2.24) is 5.32 Å². The van der Waals surface area contributed by atoms with Crippen molar-refractivity contribution in [1.29, 1.82) is 0 Å². The number of aryl methyl sites for hydroxylation is 1. The van der Waals surface area contributed by atoms with E-state index in [0.717, 1.165) is 5.56 Å². The van der Waals surface area contributed by atoms with Crippen molar-refractivity contribution < 1.29 is 9.13 Å². The van der Waals surface area contributed by atoms with Crippen molar-refractivity contribution in [3.8, 4) is 0 Å². The van der Waals surface area contributed by atoms with Gasteiger partial charge in [-0.1, -0.05) is 42.5 Å². The van der Waals surface area contributed by atoms with Crippen LogP contribution in [0, 0.1) is 12.7 Å². The van der Waals surface area contributed by atoms with Gasteiger partial charge in [0.1, 0.15) is 5.82 Å². The zero-order chi connectivity index (χ0) is 13.9. The molecule has 0 spiro atoms. The summed E-state index contributed by atoms with van der Waals surface area (Å²) in [6.07, 6.45) is -0.0786. The van der Waals surface area contributed by atoms with Gasteiger partial charge in [-0.2, -0.15) is 0 Å². The lowest BCUT2D eigenvalue weighted by Crippen LogP contribution is -2.36. The molecule has 0 aliphatic carbocycles. The predicted octanol–water partition coefficient (Wildman–Crippen LogP) is 3.54. The molecule has 2 unspecified atom stereocenters. The summed E-state index contributed by atoms with van der Waals surface area (Å²) in [7, 11) is 0. The smallest absolute Gasteiger partial charge is 0.126 e. The van der Waals surface area contributed by atoms with Crippen molar-refractivity contribution in [3.05, 3.63) is 71.0 Å². The Morgan fingerprint density at radius 2 is 1.90 bits per heavy atom. The Morgan fingerprint density at radius 3 is 2.55 bits per heavy atom. The van der Waals surface area contributed by atoms with Gasteiger partial charge in [-0.25, -0.2) is 4.39 Å². The van der Waals surface area contributed by atoms with Crippen LogP contribution in [0.1, 0.15) is 28.8 Å². The Hall–Kier alpha value is -1.71. The Morgan fingerprint density at radius 1 is 1.10 bits per heavy atom. The van der Waals surface area contributed by atoms with E-state index >= 15 is 0 Å². The van der Waals surface area contributed by atoms with Gasteiger partial charge in [-0.15, -0.1) is 0 Å². The van der Waals surface area contributed by atoms with Crippen LogP contribution in [-0.4, -0.2) is 13.2 Å². The van der Waals surface area contributed by atoms with Crippen molar-refractivity contribution in [2.45, 2.75) is 19.1 Å². The van der Waals surface area contributed by atoms with Gasteiger partial charge in [0, 0.05) is 6.54 Å². The summed E-state index contributed by atoms with van der Waals surface area (Å²) < 4.78 is 19.5. The number of hydrogen-bond donors (Lipinski definition) is 1. The maximum atomic E-state index is 13.6. The predicted molar refractivity (Wildman–Crippen MR) is 77.0 cm³/mol. The minimum atomic E-state index is -0.170. The van der Waals surface area contributed by atoms with Crippen LogP contribution in [0.15, 0.2) is 48.5 Å². The highest BCUT2D eigenvalue weighted by Crippen LogP contribution is 2.26. The minimum absolute atomic E-state index is 0.0786. The molecule has 1 saturated heterocycles. The van der Waals surface area contributed by atoms with E-state index in [1.807, 2.05) is 24.3 Å². The van der Waals surface area contributed by atoms with Crippen molar-refractivity contribution in [2.75, 3.05) is 13.2 Å². The van der Waals surface area contributed by atoms with Gasteiger partial charge in [0.15, 0.2) is 0 Å². The normalized spacial score (nSPS) is 22.7. The molecule has 1 aliphatic heterocycles. The van der Waals surface area contributed by atoms with Gasteiger partial charge in [-0.05, 0) is 29.7 Å². The first-order chi connectivity index (χ1) is 9.74. The van der Waals surface area contributed by atoms with Crippen LogP contribution < -0.4 is 5.32 Å². The molecule has 2 aromatic rings. The molecule has 0 aromatic heterocycles. The Bertz CT molecular complexity index is 577. The second-order valence-electron chi connectivity index (χ2n) is 5.20. The van der Waals surface area contributed by atoms with E-state index in [-0.39, 0.29) is 18.0 Å². The summed E-state index contributed by atoms with van der Waals surface area (Å²) in [6.45, 7) is 3.07. The average molecular weight is 271 g/mol. The summed E-state index contributed by atoms with van der Waals surface area (Å²) in [5.74, 6) is -0.170. The van der Waals surface area contributed by atoms with Crippen LogP contribution in [0.25, 0.3) is 0 Å². The summed E-state index contributed by atoms with van der Waals surface area (Å²) in [5, 5.41) is 3.47. The van der Waals surface area contributed by atoms with Crippen molar-refractivity contribution in [2.24, 2.45) is 0 Å².